The molecule has 3 N–H and O–H groups in total. The topological polar surface area (TPSA) is 229 Å². The summed E-state index contributed by atoms with van der Waals surface area (Å²) >= 11 is 0. The number of hydrogen-bond donors (Lipinski definition) is 3. The molecule has 0 unspecified atom stereocenters. The second-order valence-corrected chi connectivity index (χ2v) is 18.4. The third-order valence-corrected chi connectivity index (χ3v) is 12.9. The van der Waals surface area contributed by atoms with Crippen LogP contribution in [0.4, 0.5) is 4.79 Å². The molecule has 2 aliphatic carbocycles. The van der Waals surface area contributed by atoms with Crippen molar-refractivity contribution in [2.24, 2.45) is 5.92 Å². The Morgan fingerprint density at radius 1 is 1.10 bits per heavy atom. The second kappa shape index (κ2) is 15.4. The number of fused-ring (bicyclic) bond motifs is 3. The molecule has 7 atom stereocenters. The van der Waals surface area contributed by atoms with Gasteiger partial charge in [0.25, 0.3) is 5.91 Å². The van der Waals surface area contributed by atoms with Gasteiger partial charge in [-0.3, -0.25) is 23.9 Å². The van der Waals surface area contributed by atoms with Crippen LogP contribution in [0, 0.1) is 5.92 Å². The molecule has 312 valence electrons. The standard InChI is InChI=1S/C39H48N6O12S/c1-6-22-18-39(22,36(50)43-58(52,53)26-8-9-26)42-32(47)29-16-24(55-33-27-10-7-23(54-5)15-21(27)13-14-40-33)20-45(29)34(48)28(41-37(51)57-38(2,3)4)11-12-31(46)44-19-25-17-30(44)35(49)56-25/h6-7,10,13-15,22,24-26,28-30H,1,8-9,11-12,16-20H2,2-5H3,(H,41,51)(H,42,47)(H,43,50)/t22-,24-,25-,28+,29+,30-,39-/m1/s1. The molecule has 19 heteroatoms. The molecule has 0 spiro atoms. The van der Waals surface area contributed by atoms with Gasteiger partial charge < -0.3 is 39.4 Å². The van der Waals surface area contributed by atoms with E-state index in [1.807, 2.05) is 0 Å². The van der Waals surface area contributed by atoms with Gasteiger partial charge in [-0.2, -0.15) is 0 Å². The molecule has 5 aliphatic rings. The van der Waals surface area contributed by atoms with Crippen molar-refractivity contribution in [3.05, 3.63) is 43.1 Å². The van der Waals surface area contributed by atoms with Crippen LogP contribution in [0.5, 0.6) is 11.6 Å². The monoisotopic (exact) mass is 824 g/mol. The van der Waals surface area contributed by atoms with E-state index in [4.69, 9.17) is 18.9 Å². The summed E-state index contributed by atoms with van der Waals surface area (Å²) in [6.07, 6.45) is 1.59. The smallest absolute Gasteiger partial charge is 0.408 e. The predicted molar refractivity (Wildman–Crippen MR) is 204 cm³/mol. The number of rotatable bonds is 14. The Morgan fingerprint density at radius 3 is 2.50 bits per heavy atom. The quantitative estimate of drug-likeness (QED) is 0.181. The average molecular weight is 825 g/mol. The van der Waals surface area contributed by atoms with Gasteiger partial charge in [-0.15, -0.1) is 6.58 Å². The lowest BCUT2D eigenvalue weighted by atomic mass is 10.1. The summed E-state index contributed by atoms with van der Waals surface area (Å²) in [7, 11) is -2.42. The molecule has 2 aromatic rings. The lowest BCUT2D eigenvalue weighted by Crippen LogP contribution is -2.58. The van der Waals surface area contributed by atoms with E-state index < -0.39 is 98.4 Å². The van der Waals surface area contributed by atoms with E-state index in [0.717, 1.165) is 5.39 Å². The van der Waals surface area contributed by atoms with Crippen molar-refractivity contribution in [1.29, 1.82) is 0 Å². The van der Waals surface area contributed by atoms with E-state index in [2.05, 4.69) is 26.9 Å². The number of pyridine rings is 1. The summed E-state index contributed by atoms with van der Waals surface area (Å²) in [6.45, 7) is 8.73. The summed E-state index contributed by atoms with van der Waals surface area (Å²) in [5.74, 6) is -3.08. The third-order valence-electron chi connectivity index (χ3n) is 11.1. The van der Waals surface area contributed by atoms with Gasteiger partial charge in [-0.05, 0) is 76.1 Å². The first-order valence-electron chi connectivity index (χ1n) is 19.3. The molecule has 58 heavy (non-hydrogen) atoms. The van der Waals surface area contributed by atoms with Crippen molar-refractivity contribution in [1.82, 2.24) is 30.1 Å². The number of ether oxygens (including phenoxy) is 4. The van der Waals surface area contributed by atoms with Crippen LogP contribution in [0.3, 0.4) is 0 Å². The van der Waals surface area contributed by atoms with Gasteiger partial charge in [-0.1, -0.05) is 6.08 Å². The number of hydrogen-bond acceptors (Lipinski definition) is 13. The number of benzene rings is 1. The van der Waals surface area contributed by atoms with Crippen LogP contribution in [-0.2, 0) is 43.5 Å². The van der Waals surface area contributed by atoms with Crippen LogP contribution in [0.15, 0.2) is 43.1 Å². The molecule has 5 fully saturated rings. The van der Waals surface area contributed by atoms with Crippen molar-refractivity contribution in [3.8, 4) is 11.6 Å². The summed E-state index contributed by atoms with van der Waals surface area (Å²) in [5.41, 5.74) is -2.58. The molecule has 2 saturated carbocycles. The normalized spacial score (nSPS) is 26.7. The highest BCUT2D eigenvalue weighted by molar-refractivity contribution is 7.91. The Labute approximate surface area is 335 Å². The Morgan fingerprint density at radius 2 is 1.86 bits per heavy atom. The van der Waals surface area contributed by atoms with Crippen molar-refractivity contribution in [2.45, 2.75) is 112 Å². The van der Waals surface area contributed by atoms with Gasteiger partial charge in [0.15, 0.2) is 0 Å². The van der Waals surface area contributed by atoms with Gasteiger partial charge in [0.05, 0.1) is 25.4 Å². The SMILES string of the molecule is C=C[C@@H]1C[C@]1(NC(=O)[C@@H]1C[C@@H](Oc2nccc3cc(OC)ccc23)CN1C(=O)[C@H](CCC(=O)N1C[C@H]2C[C@@H]1C(=O)O2)NC(=O)OC(C)(C)C)C(=O)NS(=O)(=O)C1CC1. The third kappa shape index (κ3) is 8.40. The first-order valence-corrected chi connectivity index (χ1v) is 20.9. The highest BCUT2D eigenvalue weighted by atomic mass is 32.2. The molecule has 3 saturated heterocycles. The first kappa shape index (κ1) is 40.7. The minimum atomic E-state index is -3.96. The van der Waals surface area contributed by atoms with E-state index in [1.165, 1.54) is 15.9 Å². The van der Waals surface area contributed by atoms with Crippen molar-refractivity contribution < 1.29 is 56.1 Å². The molecule has 0 radical (unpaired) electrons. The summed E-state index contributed by atoms with van der Waals surface area (Å²) in [4.78, 5) is 88.4. The number of aromatic nitrogens is 1. The van der Waals surface area contributed by atoms with Crippen molar-refractivity contribution in [2.75, 3.05) is 20.2 Å². The number of alkyl carbamates (subject to hydrolysis) is 1. The lowest BCUT2D eigenvalue weighted by molar-refractivity contribution is -0.157. The molecule has 2 bridgehead atoms. The van der Waals surface area contributed by atoms with E-state index in [-0.39, 0.29) is 44.7 Å². The fraction of sp³-hybridized carbons (Fsp3) is 0.564. The highest BCUT2D eigenvalue weighted by Gasteiger charge is 2.62. The van der Waals surface area contributed by atoms with Crippen LogP contribution >= 0.6 is 0 Å². The lowest BCUT2D eigenvalue weighted by Gasteiger charge is -2.31. The van der Waals surface area contributed by atoms with Crippen LogP contribution in [0.25, 0.3) is 10.8 Å². The van der Waals surface area contributed by atoms with Crippen molar-refractivity contribution in [3.63, 3.8) is 0 Å². The zero-order valence-corrected chi connectivity index (χ0v) is 33.5. The van der Waals surface area contributed by atoms with Crippen molar-refractivity contribution >= 4 is 56.5 Å². The molecule has 3 aliphatic heterocycles. The Bertz CT molecular complexity index is 2150. The molecule has 5 amide bonds. The van der Waals surface area contributed by atoms with E-state index >= 15 is 0 Å². The first-order chi connectivity index (χ1) is 27.4. The molecule has 1 aromatic carbocycles. The largest absolute Gasteiger partial charge is 0.497 e. The fourth-order valence-electron chi connectivity index (χ4n) is 7.84. The van der Waals surface area contributed by atoms with Gasteiger partial charge in [0.2, 0.25) is 33.6 Å². The Kier molecular flexibility index (Phi) is 10.8. The number of morpholine rings is 1. The molecular weight excluding hydrogens is 777 g/mol. The maximum absolute atomic E-state index is 14.7. The molecule has 7 rings (SSSR count). The zero-order chi connectivity index (χ0) is 41.7. The number of esters is 1. The molecule has 4 heterocycles. The summed E-state index contributed by atoms with van der Waals surface area (Å²) in [6, 6.07) is 3.69. The predicted octanol–water partition coefficient (Wildman–Crippen LogP) is 1.46. The number of nitrogens with zero attached hydrogens (tertiary/aromatic N) is 3. The Hall–Kier alpha value is -5.46. The molecule has 18 nitrogen and oxygen atoms in total. The zero-order valence-electron chi connectivity index (χ0n) is 32.7. The maximum atomic E-state index is 14.7. The maximum Gasteiger partial charge on any atom is 0.408 e. The number of likely N-dealkylation sites (tertiary alicyclic amines) is 2. The van der Waals surface area contributed by atoms with E-state index in [9.17, 15) is 37.2 Å². The summed E-state index contributed by atoms with van der Waals surface area (Å²) < 4.78 is 50.0. The Balaban J connectivity index is 1.16. The van der Waals surface area contributed by atoms with Crippen LogP contribution in [0.1, 0.15) is 65.7 Å². The fourth-order valence-corrected chi connectivity index (χ4v) is 9.21. The van der Waals surface area contributed by atoms with Gasteiger partial charge in [0, 0.05) is 36.8 Å². The van der Waals surface area contributed by atoms with Gasteiger partial charge >= 0.3 is 12.1 Å². The number of nitrogens with one attached hydrogen (secondary N) is 3. The van der Waals surface area contributed by atoms with E-state index in [1.54, 1.807) is 58.3 Å². The van der Waals surface area contributed by atoms with Gasteiger partial charge in [0.1, 0.15) is 47.2 Å². The minimum absolute atomic E-state index is 0.0784. The van der Waals surface area contributed by atoms with E-state index in [0.29, 0.717) is 30.4 Å². The minimum Gasteiger partial charge on any atom is -0.497 e. The number of carbonyl (C=O) groups excluding carboxylic acids is 6. The van der Waals surface area contributed by atoms with Gasteiger partial charge in [-0.25, -0.2) is 23.0 Å². The number of sulfonamides is 1. The number of amides is 5. The van der Waals surface area contributed by atoms with Crippen LogP contribution in [0.2, 0.25) is 0 Å². The average Bonchev–Trinajstić information content (AvgIpc) is 4.02. The van der Waals surface area contributed by atoms with Crippen LogP contribution < -0.4 is 24.8 Å². The summed E-state index contributed by atoms with van der Waals surface area (Å²) in [5, 5.41) is 6.02. The molecule has 1 aromatic heterocycles. The number of carbonyl (C=O) groups is 6. The highest BCUT2D eigenvalue weighted by Crippen LogP contribution is 2.45. The molecular formula is C39H48N6O12S. The second-order valence-electron chi connectivity index (χ2n) is 16.5. The van der Waals surface area contributed by atoms with Crippen LogP contribution in [-0.4, -0.2) is 126 Å². The number of methoxy groups -OCH3 is 1.